The van der Waals surface area contributed by atoms with Crippen LogP contribution in [0.2, 0.25) is 0 Å². The number of carbonyl (C=O) groups is 1. The Morgan fingerprint density at radius 2 is 1.81 bits per heavy atom. The van der Waals surface area contributed by atoms with Crippen molar-refractivity contribution in [2.24, 2.45) is 0 Å². The molecule has 0 spiro atoms. The SMILES string of the molecule is Cc1cc([N+](=O)[O-])ccc1OCC(=O)Nc1nc2ccc([N+](=O)[O-])cc2s1. The Bertz CT molecular complexity index is 1060. The van der Waals surface area contributed by atoms with Crippen LogP contribution in [0.1, 0.15) is 5.56 Å². The number of nitrogens with one attached hydrogen (secondary N) is 1. The second kappa shape index (κ2) is 7.33. The Hall–Kier alpha value is -3.60. The van der Waals surface area contributed by atoms with Gasteiger partial charge >= 0.3 is 0 Å². The van der Waals surface area contributed by atoms with Crippen molar-refractivity contribution < 1.29 is 19.4 Å². The van der Waals surface area contributed by atoms with E-state index in [1.54, 1.807) is 6.92 Å². The molecule has 0 unspecified atom stereocenters. The van der Waals surface area contributed by atoms with Gasteiger partial charge < -0.3 is 4.74 Å². The fourth-order valence-corrected chi connectivity index (χ4v) is 3.20. The van der Waals surface area contributed by atoms with Gasteiger partial charge in [-0.1, -0.05) is 11.3 Å². The summed E-state index contributed by atoms with van der Waals surface area (Å²) in [5.74, 6) is -0.114. The average Bonchev–Trinajstić information content (AvgIpc) is 3.01. The molecule has 0 bridgehead atoms. The second-order valence-electron chi connectivity index (χ2n) is 5.47. The summed E-state index contributed by atoms with van der Waals surface area (Å²) in [7, 11) is 0. The molecule has 2 aromatic carbocycles. The molecule has 1 amide bonds. The lowest BCUT2D eigenvalue weighted by atomic mass is 10.2. The fraction of sp³-hybridized carbons (Fsp3) is 0.125. The molecule has 3 aromatic rings. The molecule has 11 heteroatoms. The van der Waals surface area contributed by atoms with Crippen LogP contribution in [0.15, 0.2) is 36.4 Å². The third kappa shape index (κ3) is 4.15. The lowest BCUT2D eigenvalue weighted by molar-refractivity contribution is -0.385. The summed E-state index contributed by atoms with van der Waals surface area (Å²) in [4.78, 5) is 36.7. The van der Waals surface area contributed by atoms with E-state index in [0.29, 0.717) is 26.7 Å². The van der Waals surface area contributed by atoms with Gasteiger partial charge in [0.15, 0.2) is 11.7 Å². The molecular weight excluding hydrogens is 376 g/mol. The predicted molar refractivity (Wildman–Crippen MR) is 98.2 cm³/mol. The molecule has 1 aromatic heterocycles. The largest absolute Gasteiger partial charge is 0.483 e. The van der Waals surface area contributed by atoms with Gasteiger partial charge in [-0.05, 0) is 24.6 Å². The van der Waals surface area contributed by atoms with Crippen molar-refractivity contribution in [1.82, 2.24) is 4.98 Å². The smallest absolute Gasteiger partial charge is 0.270 e. The van der Waals surface area contributed by atoms with E-state index in [1.165, 1.54) is 36.4 Å². The van der Waals surface area contributed by atoms with Crippen LogP contribution in [0.25, 0.3) is 10.2 Å². The first kappa shape index (κ1) is 18.2. The Kier molecular flexibility index (Phi) is 4.94. The van der Waals surface area contributed by atoms with Crippen molar-refractivity contribution in [3.63, 3.8) is 0 Å². The lowest BCUT2D eigenvalue weighted by Gasteiger charge is -2.08. The van der Waals surface area contributed by atoms with Gasteiger partial charge in [0.2, 0.25) is 0 Å². The summed E-state index contributed by atoms with van der Waals surface area (Å²) in [6.07, 6.45) is 0. The van der Waals surface area contributed by atoms with Crippen LogP contribution >= 0.6 is 11.3 Å². The number of non-ortho nitro benzene ring substituents is 2. The van der Waals surface area contributed by atoms with Gasteiger partial charge in [-0.25, -0.2) is 4.98 Å². The normalized spacial score (nSPS) is 10.6. The number of anilines is 1. The Morgan fingerprint density at radius 3 is 2.48 bits per heavy atom. The van der Waals surface area contributed by atoms with E-state index in [9.17, 15) is 25.0 Å². The van der Waals surface area contributed by atoms with Crippen molar-refractivity contribution >= 4 is 44.0 Å². The van der Waals surface area contributed by atoms with Gasteiger partial charge in [-0.15, -0.1) is 0 Å². The van der Waals surface area contributed by atoms with Crippen LogP contribution in [0, 0.1) is 27.2 Å². The molecular formula is C16H12N4O6S. The van der Waals surface area contributed by atoms with E-state index < -0.39 is 15.8 Å². The molecule has 0 atom stereocenters. The number of thiazole rings is 1. The van der Waals surface area contributed by atoms with Crippen LogP contribution in [0.3, 0.4) is 0 Å². The molecule has 1 N–H and O–H groups in total. The van der Waals surface area contributed by atoms with Crippen molar-refractivity contribution in [1.29, 1.82) is 0 Å². The van der Waals surface area contributed by atoms with E-state index in [0.717, 1.165) is 11.3 Å². The van der Waals surface area contributed by atoms with Crippen LogP contribution in [-0.4, -0.2) is 27.3 Å². The molecule has 27 heavy (non-hydrogen) atoms. The minimum absolute atomic E-state index is 0.0546. The van der Waals surface area contributed by atoms with Crippen LogP contribution in [0.5, 0.6) is 5.75 Å². The molecule has 0 saturated carbocycles. The third-order valence-corrected chi connectivity index (χ3v) is 4.49. The number of hydrogen-bond acceptors (Lipinski definition) is 8. The zero-order valence-corrected chi connectivity index (χ0v) is 14.7. The Morgan fingerprint density at radius 1 is 1.15 bits per heavy atom. The highest BCUT2D eigenvalue weighted by molar-refractivity contribution is 7.22. The quantitative estimate of drug-likeness (QED) is 0.504. The summed E-state index contributed by atoms with van der Waals surface area (Å²) in [6.45, 7) is 1.33. The van der Waals surface area contributed by atoms with E-state index in [1.807, 2.05) is 0 Å². The van der Waals surface area contributed by atoms with Crippen molar-refractivity contribution in [2.45, 2.75) is 6.92 Å². The number of aryl methyl sites for hydroxylation is 1. The Labute approximate surface area is 155 Å². The predicted octanol–water partition coefficient (Wildman–Crippen LogP) is 3.44. The Balaban J connectivity index is 1.65. The summed E-state index contributed by atoms with van der Waals surface area (Å²) in [6, 6.07) is 8.32. The standard InChI is InChI=1S/C16H12N4O6S/c1-9-6-10(19(22)23)3-5-13(9)26-8-15(21)18-16-17-12-4-2-11(20(24)25)7-14(12)27-16/h2-7H,8H2,1H3,(H,17,18,21). The summed E-state index contributed by atoms with van der Waals surface area (Å²) in [5.41, 5.74) is 0.950. The lowest BCUT2D eigenvalue weighted by Crippen LogP contribution is -2.20. The molecule has 0 saturated heterocycles. The van der Waals surface area contributed by atoms with Gasteiger partial charge in [0, 0.05) is 24.3 Å². The number of benzene rings is 2. The van der Waals surface area contributed by atoms with Crippen LogP contribution in [-0.2, 0) is 4.79 Å². The molecule has 138 valence electrons. The highest BCUT2D eigenvalue weighted by Crippen LogP contribution is 2.29. The number of carbonyl (C=O) groups excluding carboxylic acids is 1. The van der Waals surface area contributed by atoms with Gasteiger partial charge in [0.1, 0.15) is 5.75 Å². The summed E-state index contributed by atoms with van der Waals surface area (Å²) < 4.78 is 5.96. The van der Waals surface area contributed by atoms with E-state index >= 15 is 0 Å². The van der Waals surface area contributed by atoms with Gasteiger partial charge in [0.25, 0.3) is 17.3 Å². The highest BCUT2D eigenvalue weighted by atomic mass is 32.1. The fourth-order valence-electron chi connectivity index (χ4n) is 2.29. The average molecular weight is 388 g/mol. The number of nitro benzene ring substituents is 2. The molecule has 1 heterocycles. The first-order valence-corrected chi connectivity index (χ1v) is 8.38. The molecule has 3 rings (SSSR count). The number of nitro groups is 2. The maximum Gasteiger partial charge on any atom is 0.270 e. The maximum absolute atomic E-state index is 12.0. The monoisotopic (exact) mass is 388 g/mol. The molecule has 0 radical (unpaired) electrons. The van der Waals surface area contributed by atoms with Gasteiger partial charge in [-0.3, -0.25) is 30.3 Å². The van der Waals surface area contributed by atoms with E-state index in [-0.39, 0.29) is 18.0 Å². The minimum atomic E-state index is -0.513. The second-order valence-corrected chi connectivity index (χ2v) is 6.50. The number of hydrogen-bond donors (Lipinski definition) is 1. The number of amides is 1. The first-order chi connectivity index (χ1) is 12.8. The van der Waals surface area contributed by atoms with Crippen molar-refractivity contribution in [3.05, 3.63) is 62.2 Å². The summed E-state index contributed by atoms with van der Waals surface area (Å²) in [5, 5.41) is 24.4. The molecule has 0 fully saturated rings. The highest BCUT2D eigenvalue weighted by Gasteiger charge is 2.13. The van der Waals surface area contributed by atoms with E-state index in [2.05, 4.69) is 10.3 Å². The van der Waals surface area contributed by atoms with Crippen LogP contribution < -0.4 is 10.1 Å². The number of aromatic nitrogens is 1. The minimum Gasteiger partial charge on any atom is -0.483 e. The number of nitrogens with zero attached hydrogens (tertiary/aromatic N) is 3. The molecule has 0 aliphatic heterocycles. The van der Waals surface area contributed by atoms with Crippen molar-refractivity contribution in [3.8, 4) is 5.75 Å². The zero-order valence-electron chi connectivity index (χ0n) is 13.9. The zero-order chi connectivity index (χ0) is 19.6. The molecule has 0 aliphatic rings. The third-order valence-electron chi connectivity index (χ3n) is 3.56. The molecule has 10 nitrogen and oxygen atoms in total. The number of rotatable bonds is 6. The van der Waals surface area contributed by atoms with Gasteiger partial charge in [-0.2, -0.15) is 0 Å². The van der Waals surface area contributed by atoms with Gasteiger partial charge in [0.05, 0.1) is 20.1 Å². The van der Waals surface area contributed by atoms with Crippen molar-refractivity contribution in [2.75, 3.05) is 11.9 Å². The topological polar surface area (TPSA) is 138 Å². The van der Waals surface area contributed by atoms with Crippen LogP contribution in [0.4, 0.5) is 16.5 Å². The summed E-state index contributed by atoms with van der Waals surface area (Å²) >= 11 is 1.11. The first-order valence-electron chi connectivity index (χ1n) is 7.56. The number of fused-ring (bicyclic) bond motifs is 1. The van der Waals surface area contributed by atoms with E-state index in [4.69, 9.17) is 4.74 Å². The number of ether oxygens (including phenoxy) is 1. The molecule has 0 aliphatic carbocycles. The maximum atomic E-state index is 12.0.